The highest BCUT2D eigenvalue weighted by atomic mass is 16.1. The average Bonchev–Trinajstić information content (AvgIpc) is 2.50. The summed E-state index contributed by atoms with van der Waals surface area (Å²) in [6, 6.07) is 5.83. The molecule has 0 spiro atoms. The van der Waals surface area contributed by atoms with Gasteiger partial charge in [-0.1, -0.05) is 31.0 Å². The number of unbranched alkanes of at least 4 members (excludes halogenated alkanes) is 1. The summed E-state index contributed by atoms with van der Waals surface area (Å²) in [7, 11) is 0. The smallest absolute Gasteiger partial charge is 0.274 e. The Labute approximate surface area is 143 Å². The van der Waals surface area contributed by atoms with Gasteiger partial charge in [-0.05, 0) is 45.2 Å². The Morgan fingerprint density at radius 2 is 1.71 bits per heavy atom. The van der Waals surface area contributed by atoms with Crippen molar-refractivity contribution in [3.63, 3.8) is 0 Å². The molecule has 1 aromatic heterocycles. The Hall–Kier alpha value is -2.43. The van der Waals surface area contributed by atoms with Crippen LogP contribution in [-0.4, -0.2) is 22.4 Å². The Balaban J connectivity index is 2.21. The Morgan fingerprint density at radius 1 is 1.04 bits per heavy atom. The number of amides is 1. The van der Waals surface area contributed by atoms with Gasteiger partial charge in [0.2, 0.25) is 0 Å². The lowest BCUT2D eigenvalue weighted by Gasteiger charge is -2.13. The number of carbonyl (C=O) groups excluding carboxylic acids is 1. The summed E-state index contributed by atoms with van der Waals surface area (Å²) in [5.74, 6) is 1.06. The van der Waals surface area contributed by atoms with E-state index in [0.29, 0.717) is 17.3 Å². The molecule has 2 aromatic rings. The number of nitrogens with zero attached hydrogens (tertiary/aromatic N) is 2. The van der Waals surface area contributed by atoms with Crippen LogP contribution in [0.25, 0.3) is 0 Å². The highest BCUT2D eigenvalue weighted by molar-refractivity contribution is 6.04. The van der Waals surface area contributed by atoms with Crippen LogP contribution in [0.5, 0.6) is 0 Å². The summed E-state index contributed by atoms with van der Waals surface area (Å²) in [5.41, 5.74) is 4.51. The largest absolute Gasteiger partial charge is 0.370 e. The molecule has 5 nitrogen and oxygen atoms in total. The number of aryl methyl sites for hydroxylation is 4. The molecule has 0 bridgehead atoms. The van der Waals surface area contributed by atoms with Gasteiger partial charge in [0.25, 0.3) is 5.91 Å². The zero-order valence-corrected chi connectivity index (χ0v) is 15.2. The summed E-state index contributed by atoms with van der Waals surface area (Å²) in [6.07, 6.45) is 2.17. The predicted molar refractivity (Wildman–Crippen MR) is 98.8 cm³/mol. The molecular formula is C19H26N4O. The van der Waals surface area contributed by atoms with E-state index in [2.05, 4.69) is 39.7 Å². The number of aromatic nitrogens is 2. The van der Waals surface area contributed by atoms with Crippen molar-refractivity contribution in [3.05, 3.63) is 46.4 Å². The normalized spacial score (nSPS) is 10.5. The van der Waals surface area contributed by atoms with Gasteiger partial charge in [-0.25, -0.2) is 9.97 Å². The van der Waals surface area contributed by atoms with E-state index in [1.165, 1.54) is 5.56 Å². The third-order valence-corrected chi connectivity index (χ3v) is 3.82. The van der Waals surface area contributed by atoms with E-state index in [-0.39, 0.29) is 5.91 Å². The molecule has 0 fully saturated rings. The third-order valence-electron chi connectivity index (χ3n) is 3.82. The molecule has 0 aliphatic rings. The maximum atomic E-state index is 12.6. The number of benzene rings is 1. The molecule has 0 saturated heterocycles. The van der Waals surface area contributed by atoms with E-state index < -0.39 is 0 Å². The predicted octanol–water partition coefficient (Wildman–Crippen LogP) is 4.17. The fourth-order valence-corrected chi connectivity index (χ4v) is 2.72. The molecule has 0 aliphatic heterocycles. The van der Waals surface area contributed by atoms with Gasteiger partial charge < -0.3 is 10.6 Å². The molecule has 0 atom stereocenters. The molecule has 0 aliphatic carbocycles. The molecule has 128 valence electrons. The van der Waals surface area contributed by atoms with Crippen molar-refractivity contribution >= 4 is 17.4 Å². The van der Waals surface area contributed by atoms with E-state index >= 15 is 0 Å². The molecular weight excluding hydrogens is 300 g/mol. The standard InChI is InChI=1S/C19H26N4O/c1-6-7-8-20-17-11-16(21-15(5)22-17)19(24)23-18-13(3)9-12(2)10-14(18)4/h9-11H,6-8H2,1-5H3,(H,23,24)(H,20,21,22). The highest BCUT2D eigenvalue weighted by Crippen LogP contribution is 2.22. The minimum absolute atomic E-state index is 0.214. The Bertz CT molecular complexity index is 717. The lowest BCUT2D eigenvalue weighted by atomic mass is 10.0. The van der Waals surface area contributed by atoms with E-state index in [1.54, 1.807) is 13.0 Å². The minimum atomic E-state index is -0.214. The van der Waals surface area contributed by atoms with Gasteiger partial charge >= 0.3 is 0 Å². The first kappa shape index (κ1) is 17.9. The summed E-state index contributed by atoms with van der Waals surface area (Å²) in [5, 5.41) is 6.23. The molecule has 0 radical (unpaired) electrons. The maximum absolute atomic E-state index is 12.6. The fourth-order valence-electron chi connectivity index (χ4n) is 2.72. The molecule has 24 heavy (non-hydrogen) atoms. The molecule has 2 rings (SSSR count). The summed E-state index contributed by atoms with van der Waals surface area (Å²) in [4.78, 5) is 21.2. The summed E-state index contributed by atoms with van der Waals surface area (Å²) < 4.78 is 0. The third kappa shape index (κ3) is 4.54. The molecule has 0 saturated carbocycles. The average molecular weight is 326 g/mol. The van der Waals surface area contributed by atoms with Gasteiger partial charge in [0.1, 0.15) is 17.3 Å². The number of rotatable bonds is 6. The van der Waals surface area contributed by atoms with Crippen molar-refractivity contribution in [2.75, 3.05) is 17.2 Å². The van der Waals surface area contributed by atoms with E-state index in [9.17, 15) is 4.79 Å². The van der Waals surface area contributed by atoms with Crippen LogP contribution >= 0.6 is 0 Å². The van der Waals surface area contributed by atoms with Crippen LogP contribution < -0.4 is 10.6 Å². The van der Waals surface area contributed by atoms with Crippen molar-refractivity contribution < 1.29 is 4.79 Å². The first-order chi connectivity index (χ1) is 11.4. The lowest BCUT2D eigenvalue weighted by molar-refractivity contribution is 0.102. The molecule has 1 heterocycles. The number of anilines is 2. The first-order valence-corrected chi connectivity index (χ1v) is 8.39. The number of hydrogen-bond donors (Lipinski definition) is 2. The molecule has 1 amide bonds. The second-order valence-electron chi connectivity index (χ2n) is 6.19. The second kappa shape index (κ2) is 7.90. The van der Waals surface area contributed by atoms with Crippen molar-refractivity contribution in [2.45, 2.75) is 47.5 Å². The Kier molecular flexibility index (Phi) is 5.90. The van der Waals surface area contributed by atoms with E-state index in [0.717, 1.165) is 36.2 Å². The van der Waals surface area contributed by atoms with Crippen LogP contribution in [0.15, 0.2) is 18.2 Å². The first-order valence-electron chi connectivity index (χ1n) is 8.39. The second-order valence-corrected chi connectivity index (χ2v) is 6.19. The zero-order chi connectivity index (χ0) is 17.7. The van der Waals surface area contributed by atoms with Crippen LogP contribution in [0.4, 0.5) is 11.5 Å². The van der Waals surface area contributed by atoms with Gasteiger partial charge in [0, 0.05) is 18.3 Å². The topological polar surface area (TPSA) is 66.9 Å². The molecule has 1 aromatic carbocycles. The number of carbonyl (C=O) groups is 1. The number of nitrogens with one attached hydrogen (secondary N) is 2. The van der Waals surface area contributed by atoms with Gasteiger partial charge in [-0.3, -0.25) is 4.79 Å². The monoisotopic (exact) mass is 326 g/mol. The molecule has 0 unspecified atom stereocenters. The van der Waals surface area contributed by atoms with Gasteiger partial charge in [0.15, 0.2) is 0 Å². The zero-order valence-electron chi connectivity index (χ0n) is 15.2. The maximum Gasteiger partial charge on any atom is 0.274 e. The van der Waals surface area contributed by atoms with E-state index in [4.69, 9.17) is 0 Å². The van der Waals surface area contributed by atoms with Crippen molar-refractivity contribution in [1.29, 1.82) is 0 Å². The van der Waals surface area contributed by atoms with Crippen LogP contribution in [0.1, 0.15) is 52.8 Å². The summed E-state index contributed by atoms with van der Waals surface area (Å²) >= 11 is 0. The van der Waals surface area contributed by atoms with Gasteiger partial charge in [-0.15, -0.1) is 0 Å². The van der Waals surface area contributed by atoms with Gasteiger partial charge in [-0.2, -0.15) is 0 Å². The van der Waals surface area contributed by atoms with Crippen LogP contribution in [-0.2, 0) is 0 Å². The summed E-state index contributed by atoms with van der Waals surface area (Å²) in [6.45, 7) is 10.8. The Morgan fingerprint density at radius 3 is 2.33 bits per heavy atom. The van der Waals surface area contributed by atoms with Crippen molar-refractivity contribution in [1.82, 2.24) is 9.97 Å². The van der Waals surface area contributed by atoms with Gasteiger partial charge in [0.05, 0.1) is 0 Å². The highest BCUT2D eigenvalue weighted by Gasteiger charge is 2.13. The fraction of sp³-hybridized carbons (Fsp3) is 0.421. The SMILES string of the molecule is CCCCNc1cc(C(=O)Nc2c(C)cc(C)cc2C)nc(C)n1. The van der Waals surface area contributed by atoms with Crippen LogP contribution in [0.2, 0.25) is 0 Å². The molecule has 5 heteroatoms. The lowest BCUT2D eigenvalue weighted by Crippen LogP contribution is -2.17. The minimum Gasteiger partial charge on any atom is -0.370 e. The number of hydrogen-bond acceptors (Lipinski definition) is 4. The van der Waals surface area contributed by atoms with E-state index in [1.807, 2.05) is 20.8 Å². The quantitative estimate of drug-likeness (QED) is 0.782. The van der Waals surface area contributed by atoms with Crippen molar-refractivity contribution in [3.8, 4) is 0 Å². The van der Waals surface area contributed by atoms with Crippen LogP contribution in [0, 0.1) is 27.7 Å². The van der Waals surface area contributed by atoms with Crippen LogP contribution in [0.3, 0.4) is 0 Å². The van der Waals surface area contributed by atoms with Crippen molar-refractivity contribution in [2.24, 2.45) is 0 Å². The molecule has 2 N–H and O–H groups in total.